The van der Waals surface area contributed by atoms with Gasteiger partial charge in [-0.3, -0.25) is 4.90 Å². The summed E-state index contributed by atoms with van der Waals surface area (Å²) in [6.07, 6.45) is 1.08. The van der Waals surface area contributed by atoms with Gasteiger partial charge in [0.25, 0.3) is 0 Å². The number of aldehydes is 1. The molecule has 1 aromatic rings. The smallest absolute Gasteiger partial charge is 0.411 e. The largest absolute Gasteiger partial charge is 0.444 e. The molecule has 1 aliphatic rings. The maximum atomic E-state index is 12.4. The van der Waals surface area contributed by atoms with Crippen LogP contribution in [0.2, 0.25) is 0 Å². The molecule has 0 bridgehead atoms. The summed E-state index contributed by atoms with van der Waals surface area (Å²) in [6.45, 7) is 8.40. The molecule has 23 heavy (non-hydrogen) atoms. The number of ether oxygens (including phenoxy) is 2. The van der Waals surface area contributed by atoms with Crippen LogP contribution in [0.15, 0.2) is 18.2 Å². The van der Waals surface area contributed by atoms with E-state index in [0.29, 0.717) is 13.2 Å². The van der Waals surface area contributed by atoms with Gasteiger partial charge >= 0.3 is 6.09 Å². The third-order valence-electron chi connectivity index (χ3n) is 4.16. The number of hydrogen-bond donors (Lipinski definition) is 0. The van der Waals surface area contributed by atoms with E-state index in [0.717, 1.165) is 23.8 Å². The van der Waals surface area contributed by atoms with Crippen molar-refractivity contribution in [2.24, 2.45) is 0 Å². The minimum atomic E-state index is -1.07. The van der Waals surface area contributed by atoms with E-state index in [1.54, 1.807) is 34.7 Å². The molecule has 2 rings (SSSR count). The van der Waals surface area contributed by atoms with Crippen molar-refractivity contribution in [3.05, 3.63) is 34.9 Å². The molecule has 1 aliphatic heterocycles. The molecule has 0 saturated carbocycles. The normalized spacial score (nSPS) is 16.9. The maximum Gasteiger partial charge on any atom is 0.411 e. The monoisotopic (exact) mass is 319 g/mol. The Balaban J connectivity index is 2.32. The highest BCUT2D eigenvalue weighted by molar-refractivity contribution is 5.78. The Labute approximate surface area is 137 Å². The van der Waals surface area contributed by atoms with Crippen molar-refractivity contribution < 1.29 is 19.1 Å². The molecule has 0 aromatic heterocycles. The van der Waals surface area contributed by atoms with Crippen molar-refractivity contribution in [3.8, 4) is 0 Å². The van der Waals surface area contributed by atoms with Gasteiger partial charge in [-0.2, -0.15) is 0 Å². The first-order chi connectivity index (χ1) is 10.7. The standard InChI is InChI=1S/C18H25NO4/c1-17(2,3)23-16(21)19(5)18(4,12-20)15-7-6-14-11-22-9-8-13(14)10-15/h6-7,10,12H,8-9,11H2,1-5H3. The van der Waals surface area contributed by atoms with Gasteiger partial charge in [-0.25, -0.2) is 4.79 Å². The number of nitrogens with zero attached hydrogens (tertiary/aromatic N) is 1. The molecule has 0 spiro atoms. The van der Waals surface area contributed by atoms with Crippen LogP contribution in [0.25, 0.3) is 0 Å². The van der Waals surface area contributed by atoms with E-state index in [9.17, 15) is 9.59 Å². The van der Waals surface area contributed by atoms with Gasteiger partial charge in [0.15, 0.2) is 0 Å². The van der Waals surface area contributed by atoms with Crippen LogP contribution < -0.4 is 0 Å². The summed E-state index contributed by atoms with van der Waals surface area (Å²) in [7, 11) is 1.59. The van der Waals surface area contributed by atoms with Crippen molar-refractivity contribution >= 4 is 12.4 Å². The summed E-state index contributed by atoms with van der Waals surface area (Å²) in [5.41, 5.74) is 1.40. The Morgan fingerprint density at radius 1 is 1.26 bits per heavy atom. The minimum Gasteiger partial charge on any atom is -0.444 e. The Hall–Kier alpha value is -1.88. The Kier molecular flexibility index (Phi) is 4.80. The van der Waals surface area contributed by atoms with Crippen LogP contribution in [0.1, 0.15) is 44.4 Å². The van der Waals surface area contributed by atoms with Crippen LogP contribution in [-0.2, 0) is 32.8 Å². The van der Waals surface area contributed by atoms with Gasteiger partial charge < -0.3 is 14.3 Å². The quantitative estimate of drug-likeness (QED) is 0.804. The highest BCUT2D eigenvalue weighted by Crippen LogP contribution is 2.30. The minimum absolute atomic E-state index is 0.520. The Morgan fingerprint density at radius 2 is 1.96 bits per heavy atom. The molecular weight excluding hydrogens is 294 g/mol. The second-order valence-electron chi connectivity index (χ2n) is 7.09. The molecular formula is C18H25NO4. The Morgan fingerprint density at radius 3 is 2.57 bits per heavy atom. The second kappa shape index (κ2) is 6.32. The number of benzene rings is 1. The highest BCUT2D eigenvalue weighted by Gasteiger charge is 2.37. The van der Waals surface area contributed by atoms with Crippen LogP contribution >= 0.6 is 0 Å². The lowest BCUT2D eigenvalue weighted by Crippen LogP contribution is -2.48. The fourth-order valence-corrected chi connectivity index (χ4v) is 2.54. The van der Waals surface area contributed by atoms with Gasteiger partial charge in [-0.15, -0.1) is 0 Å². The van der Waals surface area contributed by atoms with Crippen LogP contribution in [0, 0.1) is 0 Å². The summed E-state index contributed by atoms with van der Waals surface area (Å²) in [5.74, 6) is 0. The first-order valence-electron chi connectivity index (χ1n) is 7.80. The Bertz CT molecular complexity index is 606. The van der Waals surface area contributed by atoms with E-state index < -0.39 is 17.2 Å². The van der Waals surface area contributed by atoms with Gasteiger partial charge in [0.05, 0.1) is 13.2 Å². The number of amides is 1. The molecule has 5 nitrogen and oxygen atoms in total. The average Bonchev–Trinajstić information content (AvgIpc) is 2.51. The molecule has 0 aliphatic carbocycles. The molecule has 5 heteroatoms. The molecule has 1 heterocycles. The summed E-state index contributed by atoms with van der Waals surface area (Å²) < 4.78 is 10.8. The number of fused-ring (bicyclic) bond motifs is 1. The van der Waals surface area contributed by atoms with Crippen molar-refractivity contribution in [2.75, 3.05) is 13.7 Å². The van der Waals surface area contributed by atoms with Gasteiger partial charge in [0.2, 0.25) is 0 Å². The second-order valence-corrected chi connectivity index (χ2v) is 7.09. The fraction of sp³-hybridized carbons (Fsp3) is 0.556. The number of rotatable bonds is 3. The SMILES string of the molecule is CN(C(=O)OC(C)(C)C)C(C)(C=O)c1ccc2c(c1)CCOC2. The van der Waals surface area contributed by atoms with Crippen molar-refractivity contribution in [1.82, 2.24) is 4.90 Å². The van der Waals surface area contributed by atoms with Gasteiger partial charge in [-0.05, 0) is 50.8 Å². The van der Waals surface area contributed by atoms with Crippen molar-refractivity contribution in [1.29, 1.82) is 0 Å². The number of carbonyl (C=O) groups is 2. The molecule has 1 unspecified atom stereocenters. The van der Waals surface area contributed by atoms with E-state index >= 15 is 0 Å². The van der Waals surface area contributed by atoms with E-state index in [4.69, 9.17) is 9.47 Å². The third kappa shape index (κ3) is 3.72. The van der Waals surface area contributed by atoms with Crippen LogP contribution in [0.5, 0.6) is 0 Å². The lowest BCUT2D eigenvalue weighted by atomic mass is 9.88. The molecule has 0 fully saturated rings. The zero-order valence-electron chi connectivity index (χ0n) is 14.5. The highest BCUT2D eigenvalue weighted by atomic mass is 16.6. The summed E-state index contributed by atoms with van der Waals surface area (Å²) in [4.78, 5) is 25.5. The van der Waals surface area contributed by atoms with E-state index in [2.05, 4.69) is 0 Å². The third-order valence-corrected chi connectivity index (χ3v) is 4.16. The van der Waals surface area contributed by atoms with Gasteiger partial charge in [0, 0.05) is 7.05 Å². The summed E-state index contributed by atoms with van der Waals surface area (Å²) in [6, 6.07) is 5.84. The number of hydrogen-bond acceptors (Lipinski definition) is 4. The van der Waals surface area contributed by atoms with Crippen LogP contribution in [0.3, 0.4) is 0 Å². The predicted octanol–water partition coefficient (Wildman–Crippen LogP) is 3.04. The van der Waals surface area contributed by atoms with Crippen LogP contribution in [-0.4, -0.2) is 36.5 Å². The molecule has 1 atom stereocenters. The zero-order valence-corrected chi connectivity index (χ0v) is 14.5. The van der Waals surface area contributed by atoms with Gasteiger partial charge in [0.1, 0.15) is 17.4 Å². The zero-order chi connectivity index (χ0) is 17.3. The fourth-order valence-electron chi connectivity index (χ4n) is 2.54. The summed E-state index contributed by atoms with van der Waals surface area (Å²) in [5, 5.41) is 0. The molecule has 0 saturated heterocycles. The van der Waals surface area contributed by atoms with Gasteiger partial charge in [-0.1, -0.05) is 18.2 Å². The maximum absolute atomic E-state index is 12.4. The van der Waals surface area contributed by atoms with E-state index in [1.807, 2.05) is 18.2 Å². The topological polar surface area (TPSA) is 55.8 Å². The van der Waals surface area contributed by atoms with Crippen LogP contribution in [0.4, 0.5) is 4.79 Å². The number of carbonyl (C=O) groups excluding carboxylic acids is 2. The average molecular weight is 319 g/mol. The first kappa shape index (κ1) is 17.5. The molecule has 0 N–H and O–H groups in total. The predicted molar refractivity (Wildman–Crippen MR) is 87.2 cm³/mol. The van der Waals surface area contributed by atoms with Crippen molar-refractivity contribution in [3.63, 3.8) is 0 Å². The molecule has 1 amide bonds. The first-order valence-corrected chi connectivity index (χ1v) is 7.80. The van der Waals surface area contributed by atoms with Crippen molar-refractivity contribution in [2.45, 2.75) is 51.9 Å². The molecule has 0 radical (unpaired) electrons. The lowest BCUT2D eigenvalue weighted by molar-refractivity contribution is -0.117. The lowest BCUT2D eigenvalue weighted by Gasteiger charge is -2.36. The molecule has 126 valence electrons. The van der Waals surface area contributed by atoms with E-state index in [1.165, 1.54) is 10.5 Å². The van der Waals surface area contributed by atoms with E-state index in [-0.39, 0.29) is 0 Å². The summed E-state index contributed by atoms with van der Waals surface area (Å²) >= 11 is 0. The number of likely N-dealkylation sites (N-methyl/N-ethyl adjacent to an activating group) is 1. The molecule has 1 aromatic carbocycles.